The zero-order valence-electron chi connectivity index (χ0n) is 25.3. The molecule has 0 aliphatic carbocycles. The number of fused-ring (bicyclic) bond motifs is 1. The molecule has 1 saturated heterocycles. The van der Waals surface area contributed by atoms with Crippen LogP contribution in [-0.4, -0.2) is 51.0 Å². The topological polar surface area (TPSA) is 121 Å². The van der Waals surface area contributed by atoms with Gasteiger partial charge in [0.05, 0.1) is 48.5 Å². The number of nitrogen functional groups attached to an aromatic ring is 1. The van der Waals surface area contributed by atoms with E-state index in [9.17, 15) is 19.2 Å². The minimum atomic E-state index is -0.994. The van der Waals surface area contributed by atoms with Crippen LogP contribution >= 0.6 is 46.4 Å². The summed E-state index contributed by atoms with van der Waals surface area (Å²) in [6.07, 6.45) is 2.90. The van der Waals surface area contributed by atoms with E-state index in [0.29, 0.717) is 47.7 Å². The first-order valence-electron chi connectivity index (χ1n) is 14.2. The fourth-order valence-corrected chi connectivity index (χ4v) is 6.85. The van der Waals surface area contributed by atoms with Crippen molar-refractivity contribution in [2.75, 3.05) is 30.3 Å². The van der Waals surface area contributed by atoms with Crippen LogP contribution in [0.25, 0.3) is 28.0 Å². The van der Waals surface area contributed by atoms with Gasteiger partial charge in [0, 0.05) is 42.8 Å². The van der Waals surface area contributed by atoms with E-state index in [1.807, 2.05) is 32.6 Å². The molecule has 3 aromatic heterocycles. The summed E-state index contributed by atoms with van der Waals surface area (Å²) < 4.78 is 16.0. The third-order valence-electron chi connectivity index (χ3n) is 8.05. The number of halogens is 5. The van der Waals surface area contributed by atoms with Crippen LogP contribution in [0, 0.1) is 24.1 Å². The highest BCUT2D eigenvalue weighted by Gasteiger charge is 2.33. The fourth-order valence-electron chi connectivity index (χ4n) is 5.83. The van der Waals surface area contributed by atoms with Crippen LogP contribution < -0.4 is 16.2 Å². The van der Waals surface area contributed by atoms with Gasteiger partial charge in [-0.15, -0.1) is 0 Å². The Labute approximate surface area is 284 Å². The second-order valence-corrected chi connectivity index (χ2v) is 12.8. The van der Waals surface area contributed by atoms with Crippen molar-refractivity contribution in [2.45, 2.75) is 39.7 Å². The molecule has 1 atom stereocenters. The molecule has 5 rings (SSSR count). The maximum atomic E-state index is 14.7. The van der Waals surface area contributed by atoms with Crippen LogP contribution in [0.5, 0.6) is 0 Å². The third kappa shape index (κ3) is 5.35. The number of benzene rings is 1. The number of amides is 1. The molecule has 9 nitrogen and oxygen atoms in total. The van der Waals surface area contributed by atoms with E-state index in [0.717, 1.165) is 0 Å². The second kappa shape index (κ2) is 12.7. The van der Waals surface area contributed by atoms with E-state index in [-0.39, 0.29) is 55.4 Å². The molecule has 238 valence electrons. The Morgan fingerprint density at radius 3 is 2.50 bits per heavy atom. The van der Waals surface area contributed by atoms with Crippen LogP contribution in [0.3, 0.4) is 0 Å². The zero-order valence-corrected chi connectivity index (χ0v) is 28.3. The summed E-state index contributed by atoms with van der Waals surface area (Å²) in [6, 6.07) is 5.14. The predicted molar refractivity (Wildman–Crippen MR) is 182 cm³/mol. The molecule has 4 aromatic rings. The van der Waals surface area contributed by atoms with Crippen LogP contribution in [0.2, 0.25) is 20.1 Å². The van der Waals surface area contributed by atoms with E-state index >= 15 is 0 Å². The van der Waals surface area contributed by atoms with Gasteiger partial charge in [-0.2, -0.15) is 5.26 Å². The first-order chi connectivity index (χ1) is 21.7. The Hall–Kier alpha value is -3.88. The molecular formula is C32H28Cl4FN7O2. The van der Waals surface area contributed by atoms with E-state index < -0.39 is 22.1 Å². The van der Waals surface area contributed by atoms with E-state index in [2.05, 4.69) is 17.6 Å². The monoisotopic (exact) mass is 701 g/mol. The van der Waals surface area contributed by atoms with Crippen molar-refractivity contribution in [2.24, 2.45) is 0 Å². The molecule has 1 aromatic carbocycles. The van der Waals surface area contributed by atoms with Gasteiger partial charge in [0.25, 0.3) is 5.56 Å². The summed E-state index contributed by atoms with van der Waals surface area (Å²) in [5, 5.41) is 9.86. The average Bonchev–Trinajstić information content (AvgIpc) is 3.02. The Kier molecular flexibility index (Phi) is 9.26. The predicted octanol–water partition coefficient (Wildman–Crippen LogP) is 7.31. The summed E-state index contributed by atoms with van der Waals surface area (Å²) in [5.74, 6) is -1.34. The number of anilines is 2. The summed E-state index contributed by atoms with van der Waals surface area (Å²) in [4.78, 5) is 39.9. The number of aromatic nitrogens is 3. The zero-order chi connectivity index (χ0) is 33.8. The molecule has 1 fully saturated rings. The maximum absolute atomic E-state index is 14.7. The Bertz CT molecular complexity index is 2030. The molecule has 1 aliphatic heterocycles. The highest BCUT2D eigenvalue weighted by Crippen LogP contribution is 2.47. The van der Waals surface area contributed by atoms with Crippen LogP contribution in [-0.2, 0) is 4.79 Å². The summed E-state index contributed by atoms with van der Waals surface area (Å²) in [6.45, 7) is 12.1. The smallest absolute Gasteiger partial charge is 0.276 e. The van der Waals surface area contributed by atoms with Gasteiger partial charge in [-0.3, -0.25) is 19.1 Å². The first-order valence-corrected chi connectivity index (χ1v) is 15.7. The molecule has 1 amide bonds. The highest BCUT2D eigenvalue weighted by atomic mass is 35.5. The van der Waals surface area contributed by atoms with Gasteiger partial charge in [-0.25, -0.2) is 9.37 Å². The number of nitrogens with two attached hydrogens (primary N) is 1. The van der Waals surface area contributed by atoms with Gasteiger partial charge in [-0.05, 0) is 43.5 Å². The van der Waals surface area contributed by atoms with Crippen molar-refractivity contribution in [3.63, 3.8) is 0 Å². The minimum Gasteiger partial charge on any atom is -0.395 e. The lowest BCUT2D eigenvalue weighted by Crippen LogP contribution is -2.54. The molecule has 1 aliphatic rings. The molecule has 0 bridgehead atoms. The lowest BCUT2D eigenvalue weighted by atomic mass is 10.0. The van der Waals surface area contributed by atoms with Gasteiger partial charge >= 0.3 is 0 Å². The largest absolute Gasteiger partial charge is 0.395 e. The number of carbonyl (C=O) groups excluding carboxylic acids is 1. The van der Waals surface area contributed by atoms with Crippen molar-refractivity contribution in [1.82, 2.24) is 19.4 Å². The number of nitriles is 1. The molecule has 4 heterocycles. The molecular weight excluding hydrogens is 675 g/mol. The summed E-state index contributed by atoms with van der Waals surface area (Å²) in [7, 11) is 0. The number of piperazine rings is 1. The van der Waals surface area contributed by atoms with Gasteiger partial charge in [0.15, 0.2) is 5.82 Å². The van der Waals surface area contributed by atoms with Gasteiger partial charge < -0.3 is 15.5 Å². The maximum Gasteiger partial charge on any atom is 0.276 e. The van der Waals surface area contributed by atoms with Gasteiger partial charge in [-0.1, -0.05) is 66.8 Å². The summed E-state index contributed by atoms with van der Waals surface area (Å²) >= 11 is 26.1. The number of rotatable bonds is 5. The molecule has 14 heteroatoms. The van der Waals surface area contributed by atoms with E-state index in [1.54, 1.807) is 23.2 Å². The van der Waals surface area contributed by atoms with E-state index in [4.69, 9.17) is 57.1 Å². The number of hydrogen-bond donors (Lipinski definition) is 1. The van der Waals surface area contributed by atoms with Crippen molar-refractivity contribution in [3.05, 3.63) is 84.1 Å². The minimum absolute atomic E-state index is 0.0102. The Morgan fingerprint density at radius 1 is 1.20 bits per heavy atom. The molecule has 0 saturated carbocycles. The quantitative estimate of drug-likeness (QED) is 0.100. The number of carbonyl (C=O) groups is 1. The van der Waals surface area contributed by atoms with Gasteiger partial charge in [0.2, 0.25) is 5.91 Å². The molecule has 46 heavy (non-hydrogen) atoms. The van der Waals surface area contributed by atoms with E-state index in [1.165, 1.54) is 10.6 Å². The van der Waals surface area contributed by atoms with Crippen LogP contribution in [0.15, 0.2) is 35.8 Å². The number of aryl methyl sites for hydroxylation is 1. The number of nitrogens with zero attached hydrogens (tertiary/aromatic N) is 6. The molecule has 2 N–H and O–H groups in total. The van der Waals surface area contributed by atoms with Crippen molar-refractivity contribution >= 4 is 74.7 Å². The number of pyridine rings is 3. The summed E-state index contributed by atoms with van der Waals surface area (Å²) in [5.41, 5.74) is 6.80. The fraction of sp³-hybridized carbons (Fsp3) is 0.281. The van der Waals surface area contributed by atoms with Crippen molar-refractivity contribution < 1.29 is 9.18 Å². The average molecular weight is 703 g/mol. The molecule has 0 radical (unpaired) electrons. The molecule has 0 spiro atoms. The Balaban J connectivity index is 1.94. The SMILES string of the molecule is C=CC(=O)N1CCN(c2c(C#N)c(=O)n(-c3c(C)ccnc3C(C)C)c3nc(-c4c(Cl)c(N)c(F)c(Cl)c4Cl)c(Cl)cc23)C[C@H]1C. The van der Waals surface area contributed by atoms with Crippen molar-refractivity contribution in [1.29, 1.82) is 5.26 Å². The lowest BCUT2D eigenvalue weighted by Gasteiger charge is -2.41. The molecule has 0 unspecified atom stereocenters. The number of hydrogen-bond acceptors (Lipinski definition) is 7. The van der Waals surface area contributed by atoms with Crippen LogP contribution in [0.4, 0.5) is 15.8 Å². The second-order valence-electron chi connectivity index (χ2n) is 11.3. The highest BCUT2D eigenvalue weighted by molar-refractivity contribution is 6.48. The van der Waals surface area contributed by atoms with Crippen LogP contribution in [0.1, 0.15) is 43.5 Å². The van der Waals surface area contributed by atoms with Gasteiger partial charge in [0.1, 0.15) is 17.3 Å². The lowest BCUT2D eigenvalue weighted by molar-refractivity contribution is -0.128. The Morgan fingerprint density at radius 2 is 1.89 bits per heavy atom. The third-order valence-corrected chi connectivity index (χ3v) is 9.56. The standard InChI is InChI=1S/C32H28Cl4FN7O2/c1-6-20(45)43-10-9-42(13-16(43)5)30-17-11-19(33)28(21-22(34)24(36)25(37)26(39)23(21)35)41-31(17)44(32(46)18(30)12-38)29-15(4)7-8-40-27(29)14(2)3/h6-8,11,14,16H,1,9-10,13,39H2,2-5H3/t16-/m1/s1. The first kappa shape index (κ1) is 33.5. The van der Waals surface area contributed by atoms with Crippen molar-refractivity contribution in [3.8, 4) is 23.0 Å². The normalized spacial score (nSPS) is 15.0.